The highest BCUT2D eigenvalue weighted by Crippen LogP contribution is 2.25. The van der Waals surface area contributed by atoms with E-state index in [-0.39, 0.29) is 12.3 Å². The van der Waals surface area contributed by atoms with Crippen LogP contribution in [0, 0.1) is 22.7 Å². The van der Waals surface area contributed by atoms with E-state index in [9.17, 15) is 4.79 Å². The van der Waals surface area contributed by atoms with Crippen LogP contribution < -0.4 is 5.32 Å². The highest BCUT2D eigenvalue weighted by molar-refractivity contribution is 7.14. The maximum absolute atomic E-state index is 11.2. The third-order valence-electron chi connectivity index (χ3n) is 2.28. The first-order chi connectivity index (χ1) is 9.22. The van der Waals surface area contributed by atoms with Crippen LogP contribution in [-0.2, 0) is 4.79 Å². The SMILES string of the molecule is N#CCC(=O)Nc1nc(-c2cccc(C#N)c2)cs1. The molecule has 92 valence electrons. The van der Waals surface area contributed by atoms with Crippen LogP contribution in [0.4, 0.5) is 5.13 Å². The molecule has 1 amide bonds. The normalized spacial score (nSPS) is 9.37. The van der Waals surface area contributed by atoms with Gasteiger partial charge in [0.1, 0.15) is 6.42 Å². The molecule has 0 bridgehead atoms. The summed E-state index contributed by atoms with van der Waals surface area (Å²) in [5.41, 5.74) is 2.06. The highest BCUT2D eigenvalue weighted by atomic mass is 32.1. The van der Waals surface area contributed by atoms with Crippen LogP contribution in [0.15, 0.2) is 29.6 Å². The van der Waals surface area contributed by atoms with Crippen LogP contribution in [0.2, 0.25) is 0 Å². The second kappa shape index (κ2) is 5.76. The highest BCUT2D eigenvalue weighted by Gasteiger charge is 2.08. The summed E-state index contributed by atoms with van der Waals surface area (Å²) in [7, 11) is 0. The summed E-state index contributed by atoms with van der Waals surface area (Å²) >= 11 is 1.28. The molecule has 6 heteroatoms. The van der Waals surface area contributed by atoms with Crippen LogP contribution >= 0.6 is 11.3 Å². The van der Waals surface area contributed by atoms with Crippen LogP contribution in [0.25, 0.3) is 11.3 Å². The topological polar surface area (TPSA) is 89.6 Å². The number of anilines is 1. The predicted molar refractivity (Wildman–Crippen MR) is 71.1 cm³/mol. The number of amides is 1. The van der Waals surface area contributed by atoms with Gasteiger partial charge in [0.15, 0.2) is 5.13 Å². The second-order valence-corrected chi connectivity index (χ2v) is 4.47. The summed E-state index contributed by atoms with van der Waals surface area (Å²) in [4.78, 5) is 15.5. The molecule has 0 spiro atoms. The van der Waals surface area contributed by atoms with E-state index in [1.165, 1.54) is 11.3 Å². The molecule has 1 aromatic heterocycles. The number of carbonyl (C=O) groups excluding carboxylic acids is 1. The van der Waals surface area contributed by atoms with Gasteiger partial charge in [-0.2, -0.15) is 10.5 Å². The average Bonchev–Trinajstić information content (AvgIpc) is 2.87. The molecule has 0 atom stereocenters. The van der Waals surface area contributed by atoms with Gasteiger partial charge in [0.2, 0.25) is 5.91 Å². The summed E-state index contributed by atoms with van der Waals surface area (Å²) in [6.07, 6.45) is -0.196. The van der Waals surface area contributed by atoms with Gasteiger partial charge in [0.05, 0.1) is 23.4 Å². The van der Waals surface area contributed by atoms with Crippen molar-refractivity contribution in [3.05, 3.63) is 35.2 Å². The Hall–Kier alpha value is -2.70. The molecule has 1 heterocycles. The number of benzene rings is 1. The van der Waals surface area contributed by atoms with Crippen LogP contribution in [0.1, 0.15) is 12.0 Å². The van der Waals surface area contributed by atoms with Gasteiger partial charge in [-0.1, -0.05) is 12.1 Å². The van der Waals surface area contributed by atoms with E-state index in [1.807, 2.05) is 6.07 Å². The molecule has 0 aliphatic carbocycles. The Kier molecular flexibility index (Phi) is 3.87. The number of carbonyl (C=O) groups is 1. The van der Waals surface area contributed by atoms with E-state index in [4.69, 9.17) is 10.5 Å². The molecule has 2 rings (SSSR count). The molecular formula is C13H8N4OS. The van der Waals surface area contributed by atoms with Crippen molar-refractivity contribution in [2.45, 2.75) is 6.42 Å². The minimum Gasteiger partial charge on any atom is -0.301 e. The summed E-state index contributed by atoms with van der Waals surface area (Å²) in [6.45, 7) is 0. The fraction of sp³-hybridized carbons (Fsp3) is 0.0769. The number of aromatic nitrogens is 1. The van der Waals surface area contributed by atoms with Gasteiger partial charge in [-0.15, -0.1) is 11.3 Å². The van der Waals surface area contributed by atoms with Crippen molar-refractivity contribution in [2.24, 2.45) is 0 Å². The van der Waals surface area contributed by atoms with Crippen molar-refractivity contribution >= 4 is 22.4 Å². The Balaban J connectivity index is 2.19. The Morgan fingerprint density at radius 1 is 1.42 bits per heavy atom. The molecule has 5 nitrogen and oxygen atoms in total. The summed E-state index contributed by atoms with van der Waals surface area (Å²) in [5.74, 6) is -0.380. The molecule has 0 fully saturated rings. The average molecular weight is 268 g/mol. The lowest BCUT2D eigenvalue weighted by Crippen LogP contribution is -2.09. The van der Waals surface area contributed by atoms with Gasteiger partial charge in [-0.25, -0.2) is 4.98 Å². The van der Waals surface area contributed by atoms with Crippen molar-refractivity contribution in [2.75, 3.05) is 5.32 Å². The first kappa shape index (κ1) is 12.7. The van der Waals surface area contributed by atoms with Gasteiger partial charge in [0, 0.05) is 10.9 Å². The maximum atomic E-state index is 11.2. The Morgan fingerprint density at radius 3 is 3.00 bits per heavy atom. The lowest BCUT2D eigenvalue weighted by atomic mass is 10.1. The fourth-order valence-corrected chi connectivity index (χ4v) is 2.18. The van der Waals surface area contributed by atoms with E-state index in [2.05, 4.69) is 16.4 Å². The molecule has 1 N–H and O–H groups in total. The van der Waals surface area contributed by atoms with Crippen molar-refractivity contribution in [1.82, 2.24) is 4.98 Å². The van der Waals surface area contributed by atoms with Crippen molar-refractivity contribution in [1.29, 1.82) is 10.5 Å². The number of nitrogens with zero attached hydrogens (tertiary/aromatic N) is 3. The third-order valence-corrected chi connectivity index (χ3v) is 3.04. The molecule has 0 saturated heterocycles. The minimum atomic E-state index is -0.380. The largest absolute Gasteiger partial charge is 0.301 e. The first-order valence-corrected chi connectivity index (χ1v) is 6.24. The summed E-state index contributed by atoms with van der Waals surface area (Å²) < 4.78 is 0. The smallest absolute Gasteiger partial charge is 0.240 e. The fourth-order valence-electron chi connectivity index (χ4n) is 1.45. The Morgan fingerprint density at radius 2 is 2.26 bits per heavy atom. The number of nitrogens with one attached hydrogen (secondary N) is 1. The summed E-state index contributed by atoms with van der Waals surface area (Å²) in [6, 6.07) is 10.9. The van der Waals surface area contributed by atoms with E-state index < -0.39 is 0 Å². The van der Waals surface area contributed by atoms with Gasteiger partial charge in [-0.05, 0) is 12.1 Å². The van der Waals surface area contributed by atoms with Crippen LogP contribution in [-0.4, -0.2) is 10.9 Å². The summed E-state index contributed by atoms with van der Waals surface area (Å²) in [5, 5.41) is 22.0. The molecule has 19 heavy (non-hydrogen) atoms. The van der Waals surface area contributed by atoms with Gasteiger partial charge in [-0.3, -0.25) is 4.79 Å². The van der Waals surface area contributed by atoms with E-state index in [0.29, 0.717) is 16.4 Å². The molecule has 1 aromatic carbocycles. The number of thiazole rings is 1. The predicted octanol–water partition coefficient (Wildman–Crippen LogP) is 2.53. The molecule has 0 unspecified atom stereocenters. The van der Waals surface area contributed by atoms with Gasteiger partial charge >= 0.3 is 0 Å². The zero-order valence-corrected chi connectivity index (χ0v) is 10.6. The van der Waals surface area contributed by atoms with Crippen molar-refractivity contribution in [3.8, 4) is 23.4 Å². The lowest BCUT2D eigenvalue weighted by molar-refractivity contribution is -0.115. The van der Waals surface area contributed by atoms with Gasteiger partial charge in [0.25, 0.3) is 0 Å². The van der Waals surface area contributed by atoms with Gasteiger partial charge < -0.3 is 5.32 Å². The first-order valence-electron chi connectivity index (χ1n) is 5.36. The molecule has 0 aliphatic rings. The van der Waals surface area contributed by atoms with Crippen LogP contribution in [0.3, 0.4) is 0 Å². The maximum Gasteiger partial charge on any atom is 0.240 e. The van der Waals surface area contributed by atoms with Crippen molar-refractivity contribution in [3.63, 3.8) is 0 Å². The molecular weight excluding hydrogens is 260 g/mol. The van der Waals surface area contributed by atoms with Crippen LogP contribution in [0.5, 0.6) is 0 Å². The zero-order valence-electron chi connectivity index (χ0n) is 9.75. The molecule has 0 aliphatic heterocycles. The minimum absolute atomic E-state index is 0.196. The Bertz CT molecular complexity index is 693. The van der Waals surface area contributed by atoms with E-state index in [1.54, 1.807) is 29.6 Å². The number of rotatable bonds is 3. The lowest BCUT2D eigenvalue weighted by Gasteiger charge is -1.97. The number of hydrogen-bond acceptors (Lipinski definition) is 5. The molecule has 0 radical (unpaired) electrons. The Labute approximate surface area is 113 Å². The third kappa shape index (κ3) is 3.15. The number of nitriles is 2. The standard InChI is InChI=1S/C13H8N4OS/c14-5-4-12(18)17-13-16-11(8-19-13)10-3-1-2-9(6-10)7-15/h1-3,6,8H,4H2,(H,16,17,18). The quantitative estimate of drug-likeness (QED) is 0.926. The number of hydrogen-bond donors (Lipinski definition) is 1. The van der Waals surface area contributed by atoms with E-state index in [0.717, 1.165) is 5.56 Å². The second-order valence-electron chi connectivity index (χ2n) is 3.61. The molecule has 2 aromatic rings. The monoisotopic (exact) mass is 268 g/mol. The van der Waals surface area contributed by atoms with E-state index >= 15 is 0 Å². The zero-order chi connectivity index (χ0) is 13.7. The molecule has 0 saturated carbocycles. The van der Waals surface area contributed by atoms with Crippen molar-refractivity contribution < 1.29 is 4.79 Å².